The first-order chi connectivity index (χ1) is 12.6. The van der Waals surface area contributed by atoms with Crippen LogP contribution in [-0.4, -0.2) is 35.6 Å². The number of nitrogens with one attached hydrogen (secondary N) is 1. The van der Waals surface area contributed by atoms with Crippen LogP contribution in [0.3, 0.4) is 0 Å². The van der Waals surface area contributed by atoms with E-state index in [4.69, 9.17) is 4.74 Å². The lowest BCUT2D eigenvalue weighted by Gasteiger charge is -2.32. The SMILES string of the molecule is Cc1cc(OCC2CCCN(C(=O)NCc3ccc(F)cc3)C2)ccn1. The fourth-order valence-electron chi connectivity index (χ4n) is 3.10. The Morgan fingerprint density at radius 3 is 2.92 bits per heavy atom. The van der Waals surface area contributed by atoms with Crippen molar-refractivity contribution in [1.82, 2.24) is 15.2 Å². The van der Waals surface area contributed by atoms with Crippen LogP contribution in [0.15, 0.2) is 42.6 Å². The third-order valence-electron chi connectivity index (χ3n) is 4.52. The predicted octanol–water partition coefficient (Wildman–Crippen LogP) is 3.53. The van der Waals surface area contributed by atoms with Crippen molar-refractivity contribution in [3.8, 4) is 5.75 Å². The van der Waals surface area contributed by atoms with Crippen LogP contribution in [0.1, 0.15) is 24.1 Å². The van der Waals surface area contributed by atoms with Gasteiger partial charge in [-0.15, -0.1) is 0 Å². The van der Waals surface area contributed by atoms with Gasteiger partial charge in [0.05, 0.1) is 6.61 Å². The molecule has 1 atom stereocenters. The highest BCUT2D eigenvalue weighted by Gasteiger charge is 2.24. The van der Waals surface area contributed by atoms with E-state index in [1.54, 1.807) is 18.3 Å². The van der Waals surface area contributed by atoms with Gasteiger partial charge in [-0.2, -0.15) is 0 Å². The number of aryl methyl sites for hydroxylation is 1. The number of piperidine rings is 1. The number of aromatic nitrogens is 1. The molecule has 138 valence electrons. The molecule has 1 saturated heterocycles. The van der Waals surface area contributed by atoms with Gasteiger partial charge in [0.15, 0.2) is 0 Å². The third kappa shape index (κ3) is 5.18. The number of urea groups is 1. The van der Waals surface area contributed by atoms with Crippen molar-refractivity contribution in [2.24, 2.45) is 5.92 Å². The highest BCUT2D eigenvalue weighted by atomic mass is 19.1. The normalized spacial score (nSPS) is 17.0. The maximum absolute atomic E-state index is 12.9. The lowest BCUT2D eigenvalue weighted by molar-refractivity contribution is 0.137. The first-order valence-electron chi connectivity index (χ1n) is 8.93. The molecule has 2 amide bonds. The molecule has 5 nitrogen and oxygen atoms in total. The summed E-state index contributed by atoms with van der Waals surface area (Å²) in [5, 5.41) is 2.91. The van der Waals surface area contributed by atoms with Gasteiger partial charge in [-0.3, -0.25) is 4.98 Å². The molecular weight excluding hydrogens is 333 g/mol. The summed E-state index contributed by atoms with van der Waals surface area (Å²) in [6.07, 6.45) is 3.75. The minimum atomic E-state index is -0.275. The molecule has 1 fully saturated rings. The van der Waals surface area contributed by atoms with Crippen LogP contribution in [-0.2, 0) is 6.54 Å². The number of pyridine rings is 1. The maximum Gasteiger partial charge on any atom is 0.317 e. The quantitative estimate of drug-likeness (QED) is 0.891. The van der Waals surface area contributed by atoms with Gasteiger partial charge < -0.3 is 15.0 Å². The zero-order valence-corrected chi connectivity index (χ0v) is 15.0. The van der Waals surface area contributed by atoms with Gasteiger partial charge in [-0.1, -0.05) is 12.1 Å². The number of benzene rings is 1. The van der Waals surface area contributed by atoms with Gasteiger partial charge in [-0.05, 0) is 43.5 Å². The Hall–Kier alpha value is -2.63. The van der Waals surface area contributed by atoms with E-state index in [1.165, 1.54) is 12.1 Å². The molecule has 3 rings (SSSR count). The molecule has 1 aliphatic rings. The van der Waals surface area contributed by atoms with Crippen LogP contribution < -0.4 is 10.1 Å². The summed E-state index contributed by atoms with van der Waals surface area (Å²) in [5.74, 6) is 0.854. The summed E-state index contributed by atoms with van der Waals surface area (Å²) >= 11 is 0. The standard InChI is InChI=1S/C20H24FN3O2/c1-15-11-19(8-9-22-15)26-14-17-3-2-10-24(13-17)20(25)23-12-16-4-6-18(21)7-5-16/h4-9,11,17H,2-3,10,12-14H2,1H3,(H,23,25). The minimum Gasteiger partial charge on any atom is -0.493 e. The number of carbonyl (C=O) groups is 1. The van der Waals surface area contributed by atoms with Crippen LogP contribution in [0.5, 0.6) is 5.75 Å². The van der Waals surface area contributed by atoms with E-state index in [9.17, 15) is 9.18 Å². The van der Waals surface area contributed by atoms with Crippen molar-refractivity contribution in [2.75, 3.05) is 19.7 Å². The number of hydrogen-bond donors (Lipinski definition) is 1. The summed E-state index contributed by atoms with van der Waals surface area (Å²) in [6.45, 7) is 4.35. The monoisotopic (exact) mass is 357 g/mol. The molecule has 1 aromatic heterocycles. The maximum atomic E-state index is 12.9. The number of likely N-dealkylation sites (tertiary alicyclic amines) is 1. The average molecular weight is 357 g/mol. The lowest BCUT2D eigenvalue weighted by Crippen LogP contribution is -2.46. The van der Waals surface area contributed by atoms with Crippen LogP contribution in [0.25, 0.3) is 0 Å². The van der Waals surface area contributed by atoms with E-state index >= 15 is 0 Å². The summed E-state index contributed by atoms with van der Waals surface area (Å²) in [5.41, 5.74) is 1.80. The van der Waals surface area contributed by atoms with Crippen molar-refractivity contribution < 1.29 is 13.9 Å². The number of nitrogens with zero attached hydrogens (tertiary/aromatic N) is 2. The molecule has 1 aromatic carbocycles. The molecule has 2 aromatic rings. The largest absolute Gasteiger partial charge is 0.493 e. The first-order valence-corrected chi connectivity index (χ1v) is 8.93. The molecule has 1 N–H and O–H groups in total. The third-order valence-corrected chi connectivity index (χ3v) is 4.52. The van der Waals surface area contributed by atoms with E-state index in [1.807, 2.05) is 24.0 Å². The van der Waals surface area contributed by atoms with Crippen molar-refractivity contribution in [3.63, 3.8) is 0 Å². The highest BCUT2D eigenvalue weighted by molar-refractivity contribution is 5.74. The summed E-state index contributed by atoms with van der Waals surface area (Å²) in [4.78, 5) is 18.4. The summed E-state index contributed by atoms with van der Waals surface area (Å²) in [7, 11) is 0. The van der Waals surface area contributed by atoms with Crippen LogP contribution in [0.4, 0.5) is 9.18 Å². The number of hydrogen-bond acceptors (Lipinski definition) is 3. The second-order valence-electron chi connectivity index (χ2n) is 6.68. The number of carbonyl (C=O) groups excluding carboxylic acids is 1. The molecule has 6 heteroatoms. The second-order valence-corrected chi connectivity index (χ2v) is 6.68. The Morgan fingerprint density at radius 2 is 2.15 bits per heavy atom. The molecule has 1 aliphatic heterocycles. The van der Waals surface area contributed by atoms with Crippen LogP contribution in [0.2, 0.25) is 0 Å². The molecular formula is C20H24FN3O2. The number of ether oxygens (including phenoxy) is 1. The molecule has 0 saturated carbocycles. The Bertz CT molecular complexity index is 736. The number of halogens is 1. The first kappa shape index (κ1) is 18.2. The van der Waals surface area contributed by atoms with Gasteiger partial charge in [0, 0.05) is 43.5 Å². The number of amides is 2. The Balaban J connectivity index is 1.46. The van der Waals surface area contributed by atoms with Gasteiger partial charge in [0.1, 0.15) is 11.6 Å². The average Bonchev–Trinajstić information content (AvgIpc) is 2.66. The molecule has 0 radical (unpaired) electrons. The van der Waals surface area contributed by atoms with Crippen molar-refractivity contribution >= 4 is 6.03 Å². The minimum absolute atomic E-state index is 0.0845. The Morgan fingerprint density at radius 1 is 1.35 bits per heavy atom. The fraction of sp³-hybridized carbons (Fsp3) is 0.400. The Kier molecular flexibility index (Phi) is 6.04. The summed E-state index contributed by atoms with van der Waals surface area (Å²) < 4.78 is 18.8. The van der Waals surface area contributed by atoms with Crippen LogP contribution in [0, 0.1) is 18.7 Å². The van der Waals surface area contributed by atoms with E-state index in [0.717, 1.165) is 36.4 Å². The number of rotatable bonds is 5. The van der Waals surface area contributed by atoms with E-state index < -0.39 is 0 Å². The molecule has 26 heavy (non-hydrogen) atoms. The topological polar surface area (TPSA) is 54.5 Å². The van der Waals surface area contributed by atoms with Gasteiger partial charge in [-0.25, -0.2) is 9.18 Å². The van der Waals surface area contributed by atoms with E-state index in [2.05, 4.69) is 10.3 Å². The predicted molar refractivity (Wildman–Crippen MR) is 97.4 cm³/mol. The van der Waals surface area contributed by atoms with E-state index in [0.29, 0.717) is 25.6 Å². The van der Waals surface area contributed by atoms with Gasteiger partial charge in [0.2, 0.25) is 0 Å². The molecule has 0 spiro atoms. The molecule has 0 bridgehead atoms. The molecule has 1 unspecified atom stereocenters. The summed E-state index contributed by atoms with van der Waals surface area (Å²) in [6, 6.07) is 9.84. The van der Waals surface area contributed by atoms with Crippen LogP contribution >= 0.6 is 0 Å². The van der Waals surface area contributed by atoms with Crippen molar-refractivity contribution in [3.05, 3.63) is 59.7 Å². The molecule has 2 heterocycles. The van der Waals surface area contributed by atoms with Gasteiger partial charge in [0.25, 0.3) is 0 Å². The van der Waals surface area contributed by atoms with Crippen molar-refractivity contribution in [2.45, 2.75) is 26.3 Å². The second kappa shape index (κ2) is 8.65. The highest BCUT2D eigenvalue weighted by Crippen LogP contribution is 2.19. The molecule has 0 aliphatic carbocycles. The van der Waals surface area contributed by atoms with Gasteiger partial charge >= 0.3 is 6.03 Å². The Labute approximate surface area is 153 Å². The van der Waals surface area contributed by atoms with E-state index in [-0.39, 0.29) is 11.8 Å². The lowest BCUT2D eigenvalue weighted by atomic mass is 9.99. The smallest absolute Gasteiger partial charge is 0.317 e. The van der Waals surface area contributed by atoms with Crippen molar-refractivity contribution in [1.29, 1.82) is 0 Å². The fourth-order valence-corrected chi connectivity index (χ4v) is 3.10. The zero-order chi connectivity index (χ0) is 18.4. The zero-order valence-electron chi connectivity index (χ0n) is 15.0.